The van der Waals surface area contributed by atoms with Crippen LogP contribution in [0, 0.1) is 0 Å². The Hall–Kier alpha value is -1.25. The van der Waals surface area contributed by atoms with E-state index in [0.717, 1.165) is 25.2 Å². The van der Waals surface area contributed by atoms with Crippen molar-refractivity contribution in [3.8, 4) is 0 Å². The zero-order valence-electron chi connectivity index (χ0n) is 6.18. The zero-order valence-corrected chi connectivity index (χ0v) is 6.18. The first-order valence-electron chi connectivity index (χ1n) is 3.82. The highest BCUT2D eigenvalue weighted by Crippen LogP contribution is 2.15. The molecule has 0 saturated carbocycles. The van der Waals surface area contributed by atoms with Crippen LogP contribution in [0.5, 0.6) is 0 Å². The van der Waals surface area contributed by atoms with Gasteiger partial charge in [-0.15, -0.1) is 0 Å². The van der Waals surface area contributed by atoms with Gasteiger partial charge in [0.15, 0.2) is 0 Å². The molecule has 0 aromatic carbocycles. The molecule has 0 unspecified atom stereocenters. The maximum atomic E-state index is 10.8. The average molecular weight is 150 g/mol. The highest BCUT2D eigenvalue weighted by Gasteiger charge is 2.07. The number of aryl methyl sites for hydroxylation is 1. The van der Waals surface area contributed by atoms with Crippen LogP contribution in [-0.2, 0) is 6.42 Å². The second-order valence-corrected chi connectivity index (χ2v) is 2.75. The molecule has 1 aliphatic rings. The summed E-state index contributed by atoms with van der Waals surface area (Å²) >= 11 is 0. The Morgan fingerprint density at radius 3 is 3.18 bits per heavy atom. The molecule has 2 heterocycles. The second kappa shape index (κ2) is 2.42. The van der Waals surface area contributed by atoms with Gasteiger partial charge in [-0.3, -0.25) is 4.79 Å². The molecule has 0 spiro atoms. The summed E-state index contributed by atoms with van der Waals surface area (Å²) < 4.78 is 0. The Morgan fingerprint density at radius 1 is 1.36 bits per heavy atom. The van der Waals surface area contributed by atoms with Gasteiger partial charge in [0.2, 0.25) is 5.56 Å². The van der Waals surface area contributed by atoms with E-state index >= 15 is 0 Å². The molecule has 11 heavy (non-hydrogen) atoms. The molecule has 58 valence electrons. The minimum atomic E-state index is -0.0295. The van der Waals surface area contributed by atoms with Crippen molar-refractivity contribution in [2.24, 2.45) is 0 Å². The lowest BCUT2D eigenvalue weighted by atomic mass is 10.1. The van der Waals surface area contributed by atoms with Gasteiger partial charge in [0, 0.05) is 12.6 Å². The lowest BCUT2D eigenvalue weighted by molar-refractivity contribution is 0.815. The minimum absolute atomic E-state index is 0.0295. The van der Waals surface area contributed by atoms with Gasteiger partial charge in [0.25, 0.3) is 0 Å². The number of H-pyrrole nitrogens is 1. The number of hydrogen-bond donors (Lipinski definition) is 2. The van der Waals surface area contributed by atoms with Crippen molar-refractivity contribution >= 4 is 5.82 Å². The Morgan fingerprint density at radius 2 is 2.27 bits per heavy atom. The van der Waals surface area contributed by atoms with E-state index in [1.165, 1.54) is 5.56 Å². The fourth-order valence-electron chi connectivity index (χ4n) is 1.36. The highest BCUT2D eigenvalue weighted by atomic mass is 16.1. The van der Waals surface area contributed by atoms with Crippen molar-refractivity contribution in [3.63, 3.8) is 0 Å². The van der Waals surface area contributed by atoms with Gasteiger partial charge >= 0.3 is 0 Å². The predicted octanol–water partition coefficient (Wildman–Crippen LogP) is 0.733. The summed E-state index contributed by atoms with van der Waals surface area (Å²) in [6, 6.07) is 3.46. The molecule has 0 aliphatic carbocycles. The fraction of sp³-hybridized carbons (Fsp3) is 0.375. The number of hydrogen-bond acceptors (Lipinski definition) is 2. The van der Waals surface area contributed by atoms with Crippen molar-refractivity contribution in [2.45, 2.75) is 12.8 Å². The van der Waals surface area contributed by atoms with Crippen molar-refractivity contribution in [2.75, 3.05) is 11.9 Å². The fourth-order valence-corrected chi connectivity index (χ4v) is 1.36. The summed E-state index contributed by atoms with van der Waals surface area (Å²) in [5, 5.41) is 3.15. The van der Waals surface area contributed by atoms with E-state index in [1.54, 1.807) is 6.07 Å². The van der Waals surface area contributed by atoms with Crippen LogP contribution in [-0.4, -0.2) is 11.5 Å². The van der Waals surface area contributed by atoms with E-state index in [0.29, 0.717) is 0 Å². The van der Waals surface area contributed by atoms with Gasteiger partial charge < -0.3 is 10.3 Å². The lowest BCUT2D eigenvalue weighted by Gasteiger charge is -2.15. The molecule has 1 aromatic rings. The second-order valence-electron chi connectivity index (χ2n) is 2.75. The molecule has 0 fully saturated rings. The molecule has 3 nitrogen and oxygen atoms in total. The first kappa shape index (κ1) is 6.46. The Labute approximate surface area is 64.5 Å². The molecule has 2 rings (SSSR count). The molecule has 1 aliphatic heterocycles. The van der Waals surface area contributed by atoms with Gasteiger partial charge in [0.05, 0.1) is 0 Å². The van der Waals surface area contributed by atoms with Crippen LogP contribution in [0.15, 0.2) is 16.9 Å². The van der Waals surface area contributed by atoms with Crippen LogP contribution in [0.3, 0.4) is 0 Å². The van der Waals surface area contributed by atoms with E-state index in [4.69, 9.17) is 0 Å². The van der Waals surface area contributed by atoms with E-state index in [-0.39, 0.29) is 5.56 Å². The Bertz CT molecular complexity index is 316. The third kappa shape index (κ3) is 1.13. The number of pyridine rings is 1. The van der Waals surface area contributed by atoms with Crippen LogP contribution in [0.4, 0.5) is 5.82 Å². The number of aromatic amines is 1. The van der Waals surface area contributed by atoms with Crippen molar-refractivity contribution < 1.29 is 0 Å². The third-order valence-corrected chi connectivity index (χ3v) is 1.93. The number of fused-ring (bicyclic) bond motifs is 1. The van der Waals surface area contributed by atoms with Crippen LogP contribution < -0.4 is 10.9 Å². The number of nitrogens with one attached hydrogen (secondary N) is 2. The number of rotatable bonds is 0. The standard InChI is InChI=1S/C8H10N2O/c11-7-4-3-6-2-1-5-9-8(6)10-7/h3-4H,1-2,5H2,(H2,9,10,11). The minimum Gasteiger partial charge on any atom is -0.371 e. The van der Waals surface area contributed by atoms with Gasteiger partial charge in [-0.1, -0.05) is 0 Å². The van der Waals surface area contributed by atoms with Crippen LogP contribution in [0.1, 0.15) is 12.0 Å². The topological polar surface area (TPSA) is 44.9 Å². The van der Waals surface area contributed by atoms with Crippen molar-refractivity contribution in [1.29, 1.82) is 0 Å². The summed E-state index contributed by atoms with van der Waals surface area (Å²) in [6.07, 6.45) is 2.22. The smallest absolute Gasteiger partial charge is 0.249 e. The Kier molecular flexibility index (Phi) is 1.42. The maximum Gasteiger partial charge on any atom is 0.249 e. The summed E-state index contributed by atoms with van der Waals surface area (Å²) in [7, 11) is 0. The summed E-state index contributed by atoms with van der Waals surface area (Å²) in [4.78, 5) is 13.6. The van der Waals surface area contributed by atoms with E-state index < -0.39 is 0 Å². The first-order valence-corrected chi connectivity index (χ1v) is 3.82. The van der Waals surface area contributed by atoms with E-state index in [1.807, 2.05) is 6.07 Å². The van der Waals surface area contributed by atoms with Gasteiger partial charge in [0.1, 0.15) is 5.82 Å². The quantitative estimate of drug-likeness (QED) is 0.572. The van der Waals surface area contributed by atoms with E-state index in [9.17, 15) is 4.79 Å². The summed E-state index contributed by atoms with van der Waals surface area (Å²) in [6.45, 7) is 0.965. The highest BCUT2D eigenvalue weighted by molar-refractivity contribution is 5.45. The molecule has 0 radical (unpaired) electrons. The molecule has 0 atom stereocenters. The lowest BCUT2D eigenvalue weighted by Crippen LogP contribution is -2.17. The SMILES string of the molecule is O=c1ccc2c([nH]1)NCCC2. The normalized spacial score (nSPS) is 15.3. The molecule has 0 amide bonds. The maximum absolute atomic E-state index is 10.8. The largest absolute Gasteiger partial charge is 0.371 e. The van der Waals surface area contributed by atoms with Crippen molar-refractivity contribution in [1.82, 2.24) is 4.98 Å². The van der Waals surface area contributed by atoms with Crippen molar-refractivity contribution in [3.05, 3.63) is 28.0 Å². The number of aromatic nitrogens is 1. The van der Waals surface area contributed by atoms with E-state index in [2.05, 4.69) is 10.3 Å². The molecular formula is C8H10N2O. The van der Waals surface area contributed by atoms with Gasteiger partial charge in [-0.2, -0.15) is 0 Å². The average Bonchev–Trinajstić information content (AvgIpc) is 2.04. The third-order valence-electron chi connectivity index (χ3n) is 1.93. The monoisotopic (exact) mass is 150 g/mol. The van der Waals surface area contributed by atoms with Crippen LogP contribution in [0.2, 0.25) is 0 Å². The molecule has 2 N–H and O–H groups in total. The molecule has 3 heteroatoms. The summed E-state index contributed by atoms with van der Waals surface area (Å²) in [5.74, 6) is 0.906. The molecule has 0 saturated heterocycles. The molecular weight excluding hydrogens is 140 g/mol. The van der Waals surface area contributed by atoms with Crippen LogP contribution >= 0.6 is 0 Å². The number of anilines is 1. The zero-order chi connectivity index (χ0) is 7.68. The van der Waals surface area contributed by atoms with Gasteiger partial charge in [-0.25, -0.2) is 0 Å². The van der Waals surface area contributed by atoms with Crippen LogP contribution in [0.25, 0.3) is 0 Å². The Balaban J connectivity index is 2.51. The summed E-state index contributed by atoms with van der Waals surface area (Å²) in [5.41, 5.74) is 1.19. The first-order chi connectivity index (χ1) is 5.36. The predicted molar refractivity (Wildman–Crippen MR) is 43.9 cm³/mol. The molecule has 0 bridgehead atoms. The molecule has 1 aromatic heterocycles. The van der Waals surface area contributed by atoms with Gasteiger partial charge in [-0.05, 0) is 24.5 Å².